The minimum absolute atomic E-state index is 0.0118. The van der Waals surface area contributed by atoms with Crippen LogP contribution in [0.1, 0.15) is 20.8 Å². The van der Waals surface area contributed by atoms with Crippen molar-refractivity contribution in [1.82, 2.24) is 0 Å². The zero-order valence-corrected chi connectivity index (χ0v) is 10.9. The van der Waals surface area contributed by atoms with Crippen LogP contribution in [0.5, 0.6) is 0 Å². The van der Waals surface area contributed by atoms with Crippen LogP contribution < -0.4 is 0 Å². The lowest BCUT2D eigenvalue weighted by molar-refractivity contribution is -0.283. The van der Waals surface area contributed by atoms with E-state index in [2.05, 4.69) is 0 Å². The Kier molecular flexibility index (Phi) is 5.68. The predicted octanol–water partition coefficient (Wildman–Crippen LogP) is -0.697. The fourth-order valence-corrected chi connectivity index (χ4v) is 1.77. The Morgan fingerprint density at radius 3 is 2.50 bits per heavy atom. The van der Waals surface area contributed by atoms with E-state index in [1.165, 1.54) is 6.92 Å². The highest BCUT2D eigenvalue weighted by Gasteiger charge is 2.42. The van der Waals surface area contributed by atoms with Crippen molar-refractivity contribution in [1.29, 1.82) is 0 Å². The SMILES string of the molecule is CC(=O)[C@@H](C)CO[C@H]1OC(CO)[C@H](O)[C@H](O)C1C. The smallest absolute Gasteiger partial charge is 0.163 e. The second kappa shape index (κ2) is 6.58. The highest BCUT2D eigenvalue weighted by molar-refractivity contribution is 5.77. The van der Waals surface area contributed by atoms with Crippen molar-refractivity contribution in [3.8, 4) is 0 Å². The molecule has 0 aromatic rings. The van der Waals surface area contributed by atoms with Gasteiger partial charge in [0.15, 0.2) is 6.29 Å². The van der Waals surface area contributed by atoms with Crippen LogP contribution in [-0.4, -0.2) is 58.9 Å². The molecular weight excluding hydrogens is 240 g/mol. The maximum Gasteiger partial charge on any atom is 0.163 e. The van der Waals surface area contributed by atoms with Crippen molar-refractivity contribution in [2.24, 2.45) is 11.8 Å². The minimum Gasteiger partial charge on any atom is -0.394 e. The predicted molar refractivity (Wildman–Crippen MR) is 62.7 cm³/mol. The molecule has 1 aliphatic heterocycles. The van der Waals surface area contributed by atoms with Gasteiger partial charge in [-0.25, -0.2) is 0 Å². The summed E-state index contributed by atoms with van der Waals surface area (Å²) in [4.78, 5) is 11.1. The van der Waals surface area contributed by atoms with Crippen molar-refractivity contribution in [2.75, 3.05) is 13.2 Å². The molecule has 1 saturated heterocycles. The lowest BCUT2D eigenvalue weighted by Crippen LogP contribution is -2.55. The van der Waals surface area contributed by atoms with Crippen molar-refractivity contribution in [3.05, 3.63) is 0 Å². The maximum absolute atomic E-state index is 11.1. The second-order valence-electron chi connectivity index (χ2n) is 4.91. The zero-order chi connectivity index (χ0) is 13.9. The van der Waals surface area contributed by atoms with Gasteiger partial charge in [-0.1, -0.05) is 13.8 Å². The number of ether oxygens (including phenoxy) is 2. The summed E-state index contributed by atoms with van der Waals surface area (Å²) in [5, 5.41) is 28.5. The Morgan fingerprint density at radius 1 is 1.39 bits per heavy atom. The van der Waals surface area contributed by atoms with Gasteiger partial charge in [-0.3, -0.25) is 4.79 Å². The molecule has 0 spiro atoms. The summed E-state index contributed by atoms with van der Waals surface area (Å²) in [6.45, 7) is 4.70. The van der Waals surface area contributed by atoms with Crippen LogP contribution in [0.25, 0.3) is 0 Å². The molecule has 0 bridgehead atoms. The fraction of sp³-hybridized carbons (Fsp3) is 0.917. The van der Waals surface area contributed by atoms with Crippen LogP contribution in [0.4, 0.5) is 0 Å². The molecule has 1 fully saturated rings. The molecule has 18 heavy (non-hydrogen) atoms. The topological polar surface area (TPSA) is 96.2 Å². The molecule has 1 rings (SSSR count). The third-order valence-electron chi connectivity index (χ3n) is 3.39. The normalized spacial score (nSPS) is 38.4. The molecule has 0 aromatic carbocycles. The third-order valence-corrected chi connectivity index (χ3v) is 3.39. The van der Waals surface area contributed by atoms with Gasteiger partial charge < -0.3 is 24.8 Å². The molecular formula is C12H22O6. The first-order chi connectivity index (χ1) is 8.38. The van der Waals surface area contributed by atoms with Crippen molar-refractivity contribution >= 4 is 5.78 Å². The molecule has 2 unspecified atom stereocenters. The van der Waals surface area contributed by atoms with Gasteiger partial charge in [-0.15, -0.1) is 0 Å². The molecule has 6 atom stereocenters. The fourth-order valence-electron chi connectivity index (χ4n) is 1.77. The molecule has 0 saturated carbocycles. The van der Waals surface area contributed by atoms with Gasteiger partial charge in [0.25, 0.3) is 0 Å². The standard InChI is InChI=1S/C12H22O6/c1-6(8(3)14)5-17-12-7(2)10(15)11(16)9(4-13)18-12/h6-7,9-13,15-16H,4-5H2,1-3H3/t6-,7?,9?,10+,11-,12-/m0/s1. The molecule has 1 aliphatic rings. The van der Waals surface area contributed by atoms with Crippen LogP contribution in [0.2, 0.25) is 0 Å². The second-order valence-corrected chi connectivity index (χ2v) is 4.91. The number of rotatable bonds is 5. The number of ketones is 1. The first kappa shape index (κ1) is 15.5. The summed E-state index contributed by atoms with van der Waals surface area (Å²) in [6.07, 6.45) is -3.75. The first-order valence-corrected chi connectivity index (χ1v) is 6.13. The van der Waals surface area contributed by atoms with Crippen LogP contribution in [0, 0.1) is 11.8 Å². The lowest BCUT2D eigenvalue weighted by Gasteiger charge is -2.40. The average Bonchev–Trinajstić information content (AvgIpc) is 2.34. The van der Waals surface area contributed by atoms with Crippen LogP contribution in [-0.2, 0) is 14.3 Å². The number of carbonyl (C=O) groups excluding carboxylic acids is 1. The monoisotopic (exact) mass is 262 g/mol. The van der Waals surface area contributed by atoms with Gasteiger partial charge in [0.1, 0.15) is 18.0 Å². The molecule has 3 N–H and O–H groups in total. The highest BCUT2D eigenvalue weighted by Crippen LogP contribution is 2.26. The summed E-state index contributed by atoms with van der Waals surface area (Å²) in [5.41, 5.74) is 0. The Labute approximate surface area is 107 Å². The number of Topliss-reactive ketones (excluding diaryl/α,β-unsaturated/α-hetero) is 1. The van der Waals surface area contributed by atoms with Crippen LogP contribution >= 0.6 is 0 Å². The largest absolute Gasteiger partial charge is 0.394 e. The lowest BCUT2D eigenvalue weighted by atomic mass is 9.92. The third kappa shape index (κ3) is 3.49. The van der Waals surface area contributed by atoms with E-state index in [9.17, 15) is 15.0 Å². The van der Waals surface area contributed by atoms with E-state index in [1.54, 1.807) is 13.8 Å². The Bertz CT molecular complexity index is 280. The number of hydrogen-bond donors (Lipinski definition) is 3. The molecule has 6 nitrogen and oxygen atoms in total. The highest BCUT2D eigenvalue weighted by atomic mass is 16.7. The van der Waals surface area contributed by atoms with E-state index in [0.717, 1.165) is 0 Å². The maximum atomic E-state index is 11.1. The van der Waals surface area contributed by atoms with E-state index in [0.29, 0.717) is 0 Å². The van der Waals surface area contributed by atoms with E-state index in [4.69, 9.17) is 14.6 Å². The van der Waals surface area contributed by atoms with Gasteiger partial charge in [0.2, 0.25) is 0 Å². The summed E-state index contributed by atoms with van der Waals surface area (Å²) in [6, 6.07) is 0. The van der Waals surface area contributed by atoms with Crippen molar-refractivity contribution in [3.63, 3.8) is 0 Å². The first-order valence-electron chi connectivity index (χ1n) is 6.13. The van der Waals surface area contributed by atoms with Crippen LogP contribution in [0.3, 0.4) is 0 Å². The van der Waals surface area contributed by atoms with Crippen molar-refractivity contribution in [2.45, 2.75) is 45.4 Å². The Morgan fingerprint density at radius 2 is 2.00 bits per heavy atom. The number of aliphatic hydroxyl groups is 3. The number of hydrogen-bond acceptors (Lipinski definition) is 6. The Balaban J connectivity index is 2.56. The quantitative estimate of drug-likeness (QED) is 0.606. The van der Waals surface area contributed by atoms with Crippen molar-refractivity contribution < 1.29 is 29.6 Å². The van der Waals surface area contributed by atoms with E-state index >= 15 is 0 Å². The summed E-state index contributed by atoms with van der Waals surface area (Å²) < 4.78 is 10.8. The summed E-state index contributed by atoms with van der Waals surface area (Å²) >= 11 is 0. The molecule has 1 heterocycles. The molecule has 106 valence electrons. The molecule has 0 aliphatic carbocycles. The Hall–Kier alpha value is -0.530. The van der Waals surface area contributed by atoms with E-state index in [-0.39, 0.29) is 18.3 Å². The molecule has 0 amide bonds. The van der Waals surface area contributed by atoms with E-state index in [1.807, 2.05) is 0 Å². The van der Waals surface area contributed by atoms with E-state index < -0.39 is 37.1 Å². The molecule has 0 aromatic heterocycles. The molecule has 6 heteroatoms. The van der Waals surface area contributed by atoms with Gasteiger partial charge in [-0.05, 0) is 6.92 Å². The van der Waals surface area contributed by atoms with Gasteiger partial charge in [0.05, 0.1) is 19.3 Å². The summed E-state index contributed by atoms with van der Waals surface area (Å²) in [5.74, 6) is -0.669. The average molecular weight is 262 g/mol. The summed E-state index contributed by atoms with van der Waals surface area (Å²) in [7, 11) is 0. The minimum atomic E-state index is -1.13. The van der Waals surface area contributed by atoms with Gasteiger partial charge >= 0.3 is 0 Å². The number of aliphatic hydroxyl groups excluding tert-OH is 3. The van der Waals surface area contributed by atoms with Crippen LogP contribution in [0.15, 0.2) is 0 Å². The zero-order valence-electron chi connectivity index (χ0n) is 10.9. The molecule has 0 radical (unpaired) electrons. The van der Waals surface area contributed by atoms with Gasteiger partial charge in [0, 0.05) is 11.8 Å². The number of carbonyl (C=O) groups is 1. The van der Waals surface area contributed by atoms with Gasteiger partial charge in [-0.2, -0.15) is 0 Å².